The number of thiophene rings is 1. The Labute approximate surface area is 373 Å². The van der Waals surface area contributed by atoms with Gasteiger partial charge in [-0.1, -0.05) is 111 Å². The van der Waals surface area contributed by atoms with Crippen LogP contribution >= 0.6 is 11.3 Å². The van der Waals surface area contributed by atoms with Crippen LogP contribution in [0.5, 0.6) is 11.5 Å². The summed E-state index contributed by atoms with van der Waals surface area (Å²) in [6, 6.07) is 48.0. The second-order valence-corrected chi connectivity index (χ2v) is 21.3. The van der Waals surface area contributed by atoms with Gasteiger partial charge in [0.15, 0.2) is 0 Å². The molecule has 0 aliphatic carbocycles. The second kappa shape index (κ2) is 14.0. The number of pyridine rings is 1. The van der Waals surface area contributed by atoms with E-state index in [-0.39, 0.29) is 16.2 Å². The number of furan rings is 1. The molecule has 0 saturated heterocycles. The fourth-order valence-corrected chi connectivity index (χ4v) is 10.3. The number of fused-ring (bicyclic) bond motifs is 10. The topological polar surface area (TPSA) is 46.7 Å². The van der Waals surface area contributed by atoms with Crippen LogP contribution in [0.25, 0.3) is 58.8 Å². The molecular formula is C56H52N4O2S. The van der Waals surface area contributed by atoms with Crippen LogP contribution in [0.15, 0.2) is 144 Å². The van der Waals surface area contributed by atoms with Gasteiger partial charge in [0.25, 0.3) is 0 Å². The first-order chi connectivity index (χ1) is 30.1. The first kappa shape index (κ1) is 39.3. The van der Waals surface area contributed by atoms with Gasteiger partial charge in [-0.15, -0.1) is 11.3 Å². The molecule has 1 aliphatic rings. The number of anilines is 4. The number of para-hydroxylation sites is 1. The van der Waals surface area contributed by atoms with Gasteiger partial charge in [0.1, 0.15) is 35.3 Å². The lowest BCUT2D eigenvalue weighted by atomic mass is 9.80. The third kappa shape index (κ3) is 6.55. The molecule has 1 aliphatic heterocycles. The molecule has 63 heavy (non-hydrogen) atoms. The lowest BCUT2D eigenvalue weighted by Crippen LogP contribution is -2.25. The number of ether oxygens (including phenoxy) is 1. The van der Waals surface area contributed by atoms with Crippen molar-refractivity contribution < 1.29 is 9.15 Å². The normalized spacial score (nSPS) is 13.7. The molecule has 0 radical (unpaired) electrons. The van der Waals surface area contributed by atoms with Gasteiger partial charge in [0.05, 0.1) is 11.0 Å². The van der Waals surface area contributed by atoms with Crippen LogP contribution in [0.3, 0.4) is 0 Å². The molecule has 0 N–H and O–H groups in total. The Morgan fingerprint density at radius 1 is 0.556 bits per heavy atom. The maximum Gasteiger partial charge on any atom is 0.226 e. The molecule has 4 aromatic heterocycles. The van der Waals surface area contributed by atoms with Crippen molar-refractivity contribution in [2.24, 2.45) is 0 Å². The summed E-state index contributed by atoms with van der Waals surface area (Å²) in [6.45, 7) is 21.1. The van der Waals surface area contributed by atoms with E-state index in [1.54, 1.807) is 0 Å². The van der Waals surface area contributed by atoms with Crippen molar-refractivity contribution in [3.63, 3.8) is 0 Å². The van der Waals surface area contributed by atoms with E-state index in [0.717, 1.165) is 62.1 Å². The summed E-state index contributed by atoms with van der Waals surface area (Å²) < 4.78 is 18.5. The lowest BCUT2D eigenvalue weighted by Gasteiger charge is -2.29. The number of aromatic nitrogens is 2. The van der Waals surface area contributed by atoms with Crippen LogP contribution in [0.1, 0.15) is 79.0 Å². The molecule has 6 nitrogen and oxygen atoms in total. The Hall–Kier alpha value is -6.57. The van der Waals surface area contributed by atoms with Gasteiger partial charge in [-0.2, -0.15) is 0 Å². The highest BCUT2D eigenvalue weighted by molar-refractivity contribution is 7.26. The van der Waals surface area contributed by atoms with Gasteiger partial charge in [0.2, 0.25) is 5.88 Å². The summed E-state index contributed by atoms with van der Waals surface area (Å²) in [7, 11) is 0. The molecule has 0 unspecified atom stereocenters. The third-order valence-corrected chi connectivity index (χ3v) is 13.9. The number of hydrogen-bond donors (Lipinski definition) is 0. The molecule has 0 atom stereocenters. The molecule has 0 amide bonds. The van der Waals surface area contributed by atoms with Gasteiger partial charge >= 0.3 is 0 Å². The van der Waals surface area contributed by atoms with Crippen molar-refractivity contribution in [1.29, 1.82) is 0 Å². The fourth-order valence-electron chi connectivity index (χ4n) is 9.23. The van der Waals surface area contributed by atoms with Crippen molar-refractivity contribution in [3.05, 3.63) is 156 Å². The maximum absolute atomic E-state index is 6.87. The van der Waals surface area contributed by atoms with Crippen LogP contribution in [0.4, 0.5) is 22.9 Å². The summed E-state index contributed by atoms with van der Waals surface area (Å²) >= 11 is 1.84. The first-order valence-corrected chi connectivity index (χ1v) is 22.8. The monoisotopic (exact) mass is 844 g/mol. The van der Waals surface area contributed by atoms with E-state index in [1.807, 2.05) is 29.7 Å². The van der Waals surface area contributed by atoms with Crippen molar-refractivity contribution in [2.45, 2.75) is 78.6 Å². The Kier molecular flexibility index (Phi) is 8.71. The van der Waals surface area contributed by atoms with E-state index in [9.17, 15) is 0 Å². The zero-order valence-corrected chi connectivity index (χ0v) is 38.3. The summed E-state index contributed by atoms with van der Waals surface area (Å²) in [5.41, 5.74) is 10.1. The molecule has 0 spiro atoms. The number of benzene rings is 6. The van der Waals surface area contributed by atoms with Gasteiger partial charge in [0, 0.05) is 66.0 Å². The minimum absolute atomic E-state index is 0.0212. The van der Waals surface area contributed by atoms with Crippen molar-refractivity contribution >= 4 is 87.2 Å². The standard InChI is InChI=1S/C56H52N4O2S/c1-54(2,3)34-25-26-57-49(30-34)60-45-32-40(21-22-41(45)42-23-24-48-50(51(42)60)44-18-11-13-20-47(44)63-48)61-39-16-14-15-37(31-39)58-33-59(53-52(58)43-17-10-12-19-46(43)62-53)38-28-35(55(4,5)6)27-36(29-38)56(7,8)9/h10-32H,33H2,1-9H3. The van der Waals surface area contributed by atoms with E-state index in [2.05, 4.69) is 198 Å². The molecule has 11 rings (SSSR count). The molecular weight excluding hydrogens is 793 g/mol. The molecule has 7 heteroatoms. The van der Waals surface area contributed by atoms with Gasteiger partial charge in [-0.3, -0.25) is 9.47 Å². The van der Waals surface area contributed by atoms with E-state index in [4.69, 9.17) is 14.1 Å². The van der Waals surface area contributed by atoms with Gasteiger partial charge < -0.3 is 14.1 Å². The number of nitrogens with zero attached hydrogens (tertiary/aromatic N) is 4. The van der Waals surface area contributed by atoms with Gasteiger partial charge in [-0.05, 0) is 106 Å². The minimum Gasteiger partial charge on any atom is -0.457 e. The SMILES string of the molecule is CC(C)(C)c1cc(N2CN(c3cccc(Oc4ccc5c6ccc7sc8ccccc8c7c6n(-c6cc(C(C)(C)C)ccn6)c5c4)c3)c3c2oc2ccccc32)cc(C(C)(C)C)c1. The lowest BCUT2D eigenvalue weighted by molar-refractivity contribution is 0.483. The van der Waals surface area contributed by atoms with Crippen LogP contribution < -0.4 is 14.5 Å². The summed E-state index contributed by atoms with van der Waals surface area (Å²) in [4.78, 5) is 9.73. The zero-order valence-electron chi connectivity index (χ0n) is 37.5. The van der Waals surface area contributed by atoms with Crippen molar-refractivity contribution in [1.82, 2.24) is 9.55 Å². The Morgan fingerprint density at radius 3 is 2.02 bits per heavy atom. The van der Waals surface area contributed by atoms with Crippen LogP contribution in [-0.4, -0.2) is 16.2 Å². The maximum atomic E-state index is 6.87. The first-order valence-electron chi connectivity index (χ1n) is 22.0. The van der Waals surface area contributed by atoms with Crippen LogP contribution in [-0.2, 0) is 16.2 Å². The largest absolute Gasteiger partial charge is 0.457 e. The molecule has 0 saturated carbocycles. The zero-order chi connectivity index (χ0) is 43.6. The number of rotatable bonds is 5. The molecule has 0 fully saturated rings. The summed E-state index contributed by atoms with van der Waals surface area (Å²) in [5.74, 6) is 3.26. The van der Waals surface area contributed by atoms with Crippen molar-refractivity contribution in [3.8, 4) is 17.3 Å². The van der Waals surface area contributed by atoms with Gasteiger partial charge in [-0.25, -0.2) is 4.98 Å². The molecule has 5 heterocycles. The van der Waals surface area contributed by atoms with Crippen LogP contribution in [0, 0.1) is 0 Å². The molecule has 314 valence electrons. The van der Waals surface area contributed by atoms with E-state index < -0.39 is 0 Å². The fraction of sp³-hybridized carbons (Fsp3) is 0.232. The average Bonchev–Trinajstić information content (AvgIpc) is 4.01. The Balaban J connectivity index is 1.03. The highest BCUT2D eigenvalue weighted by Gasteiger charge is 2.36. The van der Waals surface area contributed by atoms with E-state index in [1.165, 1.54) is 47.8 Å². The molecule has 0 bridgehead atoms. The smallest absolute Gasteiger partial charge is 0.226 e. The predicted octanol–water partition coefficient (Wildman–Crippen LogP) is 16.2. The van der Waals surface area contributed by atoms with E-state index >= 15 is 0 Å². The van der Waals surface area contributed by atoms with E-state index in [0.29, 0.717) is 6.67 Å². The van der Waals surface area contributed by atoms with Crippen LogP contribution in [0.2, 0.25) is 0 Å². The molecule has 6 aromatic carbocycles. The quantitative estimate of drug-likeness (QED) is 0.173. The minimum atomic E-state index is -0.0398. The summed E-state index contributed by atoms with van der Waals surface area (Å²) in [6.07, 6.45) is 1.95. The second-order valence-electron chi connectivity index (χ2n) is 20.2. The Morgan fingerprint density at radius 2 is 1.25 bits per heavy atom. The molecule has 10 aromatic rings. The van der Waals surface area contributed by atoms with Crippen molar-refractivity contribution in [2.75, 3.05) is 16.5 Å². The highest BCUT2D eigenvalue weighted by Crippen LogP contribution is 2.52. The number of hydrogen-bond acceptors (Lipinski definition) is 6. The highest BCUT2D eigenvalue weighted by atomic mass is 32.1. The Bertz CT molecular complexity index is 3410. The average molecular weight is 845 g/mol. The third-order valence-electron chi connectivity index (χ3n) is 12.8. The predicted molar refractivity (Wildman–Crippen MR) is 266 cm³/mol. The summed E-state index contributed by atoms with van der Waals surface area (Å²) in [5, 5.41) is 5.96.